The summed E-state index contributed by atoms with van der Waals surface area (Å²) in [6.07, 6.45) is 7.20. The van der Waals surface area contributed by atoms with E-state index < -0.39 is 6.04 Å². The molecular formula is C36H35N5O2. The highest BCUT2D eigenvalue weighted by atomic mass is 16.2. The molecule has 0 bridgehead atoms. The Kier molecular flexibility index (Phi) is 8.40. The Balaban J connectivity index is 1.32. The molecule has 1 fully saturated rings. The molecule has 1 saturated carbocycles. The Bertz CT molecular complexity index is 1660. The molecule has 216 valence electrons. The molecule has 1 aliphatic carbocycles. The second-order valence-corrected chi connectivity index (χ2v) is 11.1. The third-order valence-corrected chi connectivity index (χ3v) is 8.05. The van der Waals surface area contributed by atoms with E-state index in [1.165, 1.54) is 12.0 Å². The van der Waals surface area contributed by atoms with Crippen molar-refractivity contribution in [2.75, 3.05) is 4.90 Å². The fourth-order valence-corrected chi connectivity index (χ4v) is 5.69. The van der Waals surface area contributed by atoms with E-state index in [9.17, 15) is 9.59 Å². The van der Waals surface area contributed by atoms with E-state index in [2.05, 4.69) is 15.6 Å². The van der Waals surface area contributed by atoms with Crippen molar-refractivity contribution in [1.29, 1.82) is 0 Å². The predicted molar refractivity (Wildman–Crippen MR) is 169 cm³/mol. The number of hydrogen-bond acceptors (Lipinski definition) is 4. The number of carbonyl (C=O) groups is 2. The van der Waals surface area contributed by atoms with Crippen LogP contribution in [0.3, 0.4) is 0 Å². The number of hydrogen-bond donors (Lipinski definition) is 1. The van der Waals surface area contributed by atoms with E-state index in [0.717, 1.165) is 48.2 Å². The summed E-state index contributed by atoms with van der Waals surface area (Å²) in [5, 5.41) is 11.9. The maximum atomic E-state index is 14.3. The van der Waals surface area contributed by atoms with Crippen molar-refractivity contribution >= 4 is 17.5 Å². The quantitative estimate of drug-likeness (QED) is 0.217. The summed E-state index contributed by atoms with van der Waals surface area (Å²) in [7, 11) is 0. The third-order valence-electron chi connectivity index (χ3n) is 8.05. The number of anilines is 1. The van der Waals surface area contributed by atoms with E-state index in [4.69, 9.17) is 0 Å². The number of benzene rings is 4. The van der Waals surface area contributed by atoms with Gasteiger partial charge in [-0.25, -0.2) is 4.68 Å². The van der Waals surface area contributed by atoms with Crippen LogP contribution in [0.5, 0.6) is 0 Å². The molecule has 7 nitrogen and oxygen atoms in total. The lowest BCUT2D eigenvalue weighted by Gasteiger charge is -2.33. The van der Waals surface area contributed by atoms with E-state index in [0.29, 0.717) is 11.3 Å². The first-order chi connectivity index (χ1) is 21.1. The first-order valence-electron chi connectivity index (χ1n) is 14.9. The first-order valence-corrected chi connectivity index (χ1v) is 14.9. The molecule has 1 N–H and O–H groups in total. The van der Waals surface area contributed by atoms with Gasteiger partial charge in [0.25, 0.3) is 5.91 Å². The van der Waals surface area contributed by atoms with Crippen molar-refractivity contribution in [3.63, 3.8) is 0 Å². The molecule has 1 atom stereocenters. The average Bonchev–Trinajstić information content (AvgIpc) is 3.55. The van der Waals surface area contributed by atoms with Gasteiger partial charge in [-0.05, 0) is 61.7 Å². The number of aromatic nitrogens is 3. The molecule has 6 rings (SSSR count). The molecule has 2 amide bonds. The standard InChI is InChI=1S/C36H35N5O2/c1-26-17-19-27(20-18-26)33-25-40(39-38-33)31-23-21-29(22-24-31)36(43)41(32-15-9-4-10-16-32)34(28-11-5-2-6-12-28)35(42)37-30-13-7-3-8-14-30/h2,4-6,9-12,15-25,30,34H,3,7-8,13-14H2,1H3,(H,37,42). The van der Waals surface area contributed by atoms with Gasteiger partial charge < -0.3 is 5.32 Å². The van der Waals surface area contributed by atoms with Crippen molar-refractivity contribution < 1.29 is 9.59 Å². The molecule has 0 spiro atoms. The molecule has 0 aliphatic heterocycles. The van der Waals surface area contributed by atoms with Crippen LogP contribution in [0, 0.1) is 6.92 Å². The largest absolute Gasteiger partial charge is 0.351 e. The smallest absolute Gasteiger partial charge is 0.259 e. The molecule has 0 radical (unpaired) electrons. The van der Waals surface area contributed by atoms with Crippen LogP contribution >= 0.6 is 0 Å². The minimum atomic E-state index is -0.829. The van der Waals surface area contributed by atoms with Gasteiger partial charge in [0.15, 0.2) is 0 Å². The van der Waals surface area contributed by atoms with Crippen molar-refractivity contribution in [1.82, 2.24) is 20.3 Å². The topological polar surface area (TPSA) is 80.1 Å². The zero-order chi connectivity index (χ0) is 29.6. The monoisotopic (exact) mass is 569 g/mol. The van der Waals surface area contributed by atoms with Crippen molar-refractivity contribution in [2.45, 2.75) is 51.1 Å². The van der Waals surface area contributed by atoms with Gasteiger partial charge in [0, 0.05) is 22.9 Å². The van der Waals surface area contributed by atoms with E-state index in [-0.39, 0.29) is 17.9 Å². The molecule has 7 heteroatoms. The molecule has 5 aromatic rings. The highest BCUT2D eigenvalue weighted by Gasteiger charge is 2.34. The lowest BCUT2D eigenvalue weighted by atomic mass is 9.94. The Morgan fingerprint density at radius 3 is 2.14 bits per heavy atom. The average molecular weight is 570 g/mol. The number of para-hydroxylation sites is 1. The number of aryl methyl sites for hydroxylation is 1. The maximum absolute atomic E-state index is 14.3. The van der Waals surface area contributed by atoms with Crippen molar-refractivity contribution in [2.24, 2.45) is 0 Å². The Morgan fingerprint density at radius 1 is 0.814 bits per heavy atom. The number of nitrogens with one attached hydrogen (secondary N) is 1. The van der Waals surface area contributed by atoms with Gasteiger partial charge in [0.1, 0.15) is 11.7 Å². The summed E-state index contributed by atoms with van der Waals surface area (Å²) in [5.41, 5.74) is 5.60. The number of rotatable bonds is 8. The fraction of sp³-hybridized carbons (Fsp3) is 0.222. The zero-order valence-electron chi connectivity index (χ0n) is 24.3. The number of amides is 2. The summed E-state index contributed by atoms with van der Waals surface area (Å²) in [6, 6.07) is 33.7. The third kappa shape index (κ3) is 6.41. The lowest BCUT2D eigenvalue weighted by Crippen LogP contribution is -2.47. The highest BCUT2D eigenvalue weighted by molar-refractivity contribution is 6.10. The number of carbonyl (C=O) groups excluding carboxylic acids is 2. The van der Waals surface area contributed by atoms with Crippen LogP contribution in [-0.2, 0) is 4.79 Å². The summed E-state index contributed by atoms with van der Waals surface area (Å²) >= 11 is 0. The molecule has 1 aliphatic rings. The summed E-state index contributed by atoms with van der Waals surface area (Å²) in [4.78, 5) is 30.0. The van der Waals surface area contributed by atoms with E-state index in [1.54, 1.807) is 21.7 Å². The van der Waals surface area contributed by atoms with Crippen LogP contribution in [-0.4, -0.2) is 32.9 Å². The van der Waals surface area contributed by atoms with Crippen molar-refractivity contribution in [3.8, 4) is 16.9 Å². The van der Waals surface area contributed by atoms with Crippen LogP contribution < -0.4 is 10.2 Å². The van der Waals surface area contributed by atoms with Crippen LogP contribution in [0.2, 0.25) is 0 Å². The van der Waals surface area contributed by atoms with Gasteiger partial charge in [-0.3, -0.25) is 14.5 Å². The summed E-state index contributed by atoms with van der Waals surface area (Å²) < 4.78 is 1.70. The van der Waals surface area contributed by atoms with Crippen LogP contribution in [0.25, 0.3) is 16.9 Å². The van der Waals surface area contributed by atoms with E-state index >= 15 is 0 Å². The highest BCUT2D eigenvalue weighted by Crippen LogP contribution is 2.31. The molecule has 1 heterocycles. The lowest BCUT2D eigenvalue weighted by molar-refractivity contribution is -0.123. The van der Waals surface area contributed by atoms with Crippen LogP contribution in [0.4, 0.5) is 5.69 Å². The first kappa shape index (κ1) is 28.1. The minimum Gasteiger partial charge on any atom is -0.351 e. The van der Waals surface area contributed by atoms with Gasteiger partial charge in [0.05, 0.1) is 11.9 Å². The van der Waals surface area contributed by atoms with Gasteiger partial charge in [-0.1, -0.05) is 103 Å². The fourth-order valence-electron chi connectivity index (χ4n) is 5.69. The van der Waals surface area contributed by atoms with Crippen molar-refractivity contribution in [3.05, 3.63) is 132 Å². The maximum Gasteiger partial charge on any atom is 0.259 e. The van der Waals surface area contributed by atoms with Gasteiger partial charge in [-0.2, -0.15) is 0 Å². The van der Waals surface area contributed by atoms with Gasteiger partial charge in [-0.15, -0.1) is 5.10 Å². The second kappa shape index (κ2) is 12.9. The second-order valence-electron chi connectivity index (χ2n) is 11.1. The Morgan fingerprint density at radius 2 is 1.47 bits per heavy atom. The molecule has 4 aromatic carbocycles. The zero-order valence-corrected chi connectivity index (χ0v) is 24.3. The molecule has 1 unspecified atom stereocenters. The Hall–Kier alpha value is -5.04. The molecule has 0 saturated heterocycles. The van der Waals surface area contributed by atoms with Crippen LogP contribution in [0.15, 0.2) is 115 Å². The van der Waals surface area contributed by atoms with E-state index in [1.807, 2.05) is 110 Å². The summed E-state index contributed by atoms with van der Waals surface area (Å²) in [5.74, 6) is -0.428. The minimum absolute atomic E-state index is 0.118. The molecule has 43 heavy (non-hydrogen) atoms. The molecular weight excluding hydrogens is 534 g/mol. The molecule has 1 aromatic heterocycles. The SMILES string of the molecule is Cc1ccc(-c2cn(-c3ccc(C(=O)N(c4ccccc4)C(C(=O)NC4CCCCC4)c4ccccc4)cc3)nn2)cc1. The Labute approximate surface area is 252 Å². The van der Waals surface area contributed by atoms with Crippen LogP contribution in [0.1, 0.15) is 59.6 Å². The van der Waals surface area contributed by atoms with Gasteiger partial charge in [0.2, 0.25) is 5.91 Å². The van der Waals surface area contributed by atoms with Gasteiger partial charge >= 0.3 is 0 Å². The summed E-state index contributed by atoms with van der Waals surface area (Å²) in [6.45, 7) is 2.05. The normalized spacial score (nSPS) is 14.2. The number of nitrogens with zero attached hydrogens (tertiary/aromatic N) is 4. The predicted octanol–water partition coefficient (Wildman–Crippen LogP) is 7.08.